The third kappa shape index (κ3) is 1.38. The maximum atomic E-state index is 5.15. The van der Waals surface area contributed by atoms with Crippen LogP contribution < -0.4 is 15.0 Å². The third-order valence-electron chi connectivity index (χ3n) is 3.49. The van der Waals surface area contributed by atoms with Gasteiger partial charge in [0.25, 0.3) is 0 Å². The van der Waals surface area contributed by atoms with Crippen molar-refractivity contribution in [2.75, 3.05) is 38.2 Å². The predicted octanol–water partition coefficient (Wildman–Crippen LogP) is 1.10. The van der Waals surface area contributed by atoms with E-state index in [2.05, 4.69) is 22.3 Å². The quantitative estimate of drug-likeness (QED) is 0.781. The fourth-order valence-corrected chi connectivity index (χ4v) is 2.44. The number of methoxy groups -OCH3 is 1. The topological polar surface area (TPSA) is 24.5 Å². The molecule has 80 valence electrons. The van der Waals surface area contributed by atoms with Crippen molar-refractivity contribution in [2.24, 2.45) is 5.41 Å². The minimum atomic E-state index is 0.597. The second-order valence-corrected chi connectivity index (χ2v) is 4.66. The molecule has 0 unspecified atom stereocenters. The van der Waals surface area contributed by atoms with E-state index in [1.807, 2.05) is 12.1 Å². The van der Waals surface area contributed by atoms with E-state index in [-0.39, 0.29) is 0 Å². The lowest BCUT2D eigenvalue weighted by molar-refractivity contribution is 0.121. The van der Waals surface area contributed by atoms with Gasteiger partial charge in [0, 0.05) is 37.3 Å². The molecule has 0 radical (unpaired) electrons. The molecule has 2 aliphatic rings. The lowest BCUT2D eigenvalue weighted by Crippen LogP contribution is -2.71. The number of nitrogens with one attached hydrogen (secondary N) is 1. The lowest BCUT2D eigenvalue weighted by Gasteiger charge is -2.57. The first-order valence-electron chi connectivity index (χ1n) is 5.41. The Kier molecular flexibility index (Phi) is 1.89. The molecular formula is C12H16N2O. The van der Waals surface area contributed by atoms with E-state index < -0.39 is 0 Å². The number of benzene rings is 1. The molecule has 2 heterocycles. The summed E-state index contributed by atoms with van der Waals surface area (Å²) in [6.45, 7) is 4.79. The Balaban J connectivity index is 1.67. The second kappa shape index (κ2) is 3.14. The zero-order chi connectivity index (χ0) is 10.3. The van der Waals surface area contributed by atoms with E-state index >= 15 is 0 Å². The minimum absolute atomic E-state index is 0.597. The van der Waals surface area contributed by atoms with E-state index in [1.165, 1.54) is 31.9 Å². The Morgan fingerprint density at radius 2 is 1.87 bits per heavy atom. The first-order chi connectivity index (χ1) is 7.31. The van der Waals surface area contributed by atoms with Crippen LogP contribution in [0.1, 0.15) is 0 Å². The van der Waals surface area contributed by atoms with Crippen LogP contribution in [0.25, 0.3) is 0 Å². The Bertz CT molecular complexity index is 348. The maximum absolute atomic E-state index is 5.15. The third-order valence-corrected chi connectivity index (χ3v) is 3.49. The van der Waals surface area contributed by atoms with Crippen molar-refractivity contribution in [3.05, 3.63) is 24.3 Å². The summed E-state index contributed by atoms with van der Waals surface area (Å²) in [7, 11) is 1.70. The molecule has 0 atom stereocenters. The maximum Gasteiger partial charge on any atom is 0.119 e. The summed E-state index contributed by atoms with van der Waals surface area (Å²) in [4.78, 5) is 2.43. The zero-order valence-electron chi connectivity index (χ0n) is 8.99. The number of nitrogens with zero attached hydrogens (tertiary/aromatic N) is 1. The van der Waals surface area contributed by atoms with Crippen LogP contribution in [0, 0.1) is 5.41 Å². The van der Waals surface area contributed by atoms with Crippen molar-refractivity contribution in [1.82, 2.24) is 5.32 Å². The first kappa shape index (κ1) is 9.04. The molecule has 2 aliphatic heterocycles. The van der Waals surface area contributed by atoms with Crippen LogP contribution in [-0.4, -0.2) is 33.3 Å². The van der Waals surface area contributed by atoms with Crippen LogP contribution in [-0.2, 0) is 0 Å². The molecule has 0 bridgehead atoms. The molecule has 1 N–H and O–H groups in total. The molecule has 1 aromatic rings. The summed E-state index contributed by atoms with van der Waals surface area (Å²) in [5.41, 5.74) is 1.91. The monoisotopic (exact) mass is 204 g/mol. The van der Waals surface area contributed by atoms with Gasteiger partial charge in [-0.25, -0.2) is 0 Å². The summed E-state index contributed by atoms with van der Waals surface area (Å²) in [5, 5.41) is 3.35. The van der Waals surface area contributed by atoms with Gasteiger partial charge >= 0.3 is 0 Å². The molecule has 2 fully saturated rings. The van der Waals surface area contributed by atoms with E-state index in [1.54, 1.807) is 7.11 Å². The number of hydrogen-bond acceptors (Lipinski definition) is 3. The van der Waals surface area contributed by atoms with Gasteiger partial charge in [-0.2, -0.15) is 0 Å². The summed E-state index contributed by atoms with van der Waals surface area (Å²) in [6.07, 6.45) is 0. The van der Waals surface area contributed by atoms with Crippen LogP contribution in [0.5, 0.6) is 5.75 Å². The molecule has 0 saturated carbocycles. The highest BCUT2D eigenvalue weighted by atomic mass is 16.5. The fourth-order valence-electron chi connectivity index (χ4n) is 2.44. The molecule has 1 spiro atoms. The average Bonchev–Trinajstić information content (AvgIpc) is 2.14. The van der Waals surface area contributed by atoms with Gasteiger partial charge < -0.3 is 15.0 Å². The Labute approximate surface area is 90.0 Å². The highest BCUT2D eigenvalue weighted by Crippen LogP contribution is 2.37. The van der Waals surface area contributed by atoms with Crippen LogP contribution in [0.3, 0.4) is 0 Å². The van der Waals surface area contributed by atoms with Gasteiger partial charge in [-0.1, -0.05) is 0 Å². The van der Waals surface area contributed by atoms with Crippen molar-refractivity contribution < 1.29 is 4.74 Å². The average molecular weight is 204 g/mol. The summed E-state index contributed by atoms with van der Waals surface area (Å²) in [5.74, 6) is 0.930. The van der Waals surface area contributed by atoms with Gasteiger partial charge in [-0.15, -0.1) is 0 Å². The van der Waals surface area contributed by atoms with E-state index in [0.717, 1.165) is 5.75 Å². The number of anilines is 1. The normalized spacial score (nSPS) is 22.1. The summed E-state index contributed by atoms with van der Waals surface area (Å²) >= 11 is 0. The van der Waals surface area contributed by atoms with Crippen LogP contribution >= 0.6 is 0 Å². The number of hydrogen-bond donors (Lipinski definition) is 1. The molecule has 1 aromatic carbocycles. The minimum Gasteiger partial charge on any atom is -0.497 e. The van der Waals surface area contributed by atoms with Gasteiger partial charge in [0.05, 0.1) is 7.11 Å². The molecule has 0 amide bonds. The highest BCUT2D eigenvalue weighted by molar-refractivity contribution is 5.52. The molecular weight excluding hydrogens is 188 g/mol. The Morgan fingerprint density at radius 3 is 2.33 bits per heavy atom. The molecule has 0 aliphatic carbocycles. The number of ether oxygens (including phenoxy) is 1. The van der Waals surface area contributed by atoms with Gasteiger partial charge in [0.1, 0.15) is 5.75 Å². The highest BCUT2D eigenvalue weighted by Gasteiger charge is 2.47. The van der Waals surface area contributed by atoms with Gasteiger partial charge in [0.2, 0.25) is 0 Å². The predicted molar refractivity (Wildman–Crippen MR) is 60.5 cm³/mol. The van der Waals surface area contributed by atoms with Gasteiger partial charge in [-0.05, 0) is 24.3 Å². The Morgan fingerprint density at radius 1 is 1.20 bits per heavy atom. The van der Waals surface area contributed by atoms with Crippen molar-refractivity contribution in [2.45, 2.75) is 0 Å². The molecule has 0 aromatic heterocycles. The van der Waals surface area contributed by atoms with Crippen molar-refractivity contribution in [3.63, 3.8) is 0 Å². The lowest BCUT2D eigenvalue weighted by atomic mass is 9.74. The van der Waals surface area contributed by atoms with E-state index in [9.17, 15) is 0 Å². The van der Waals surface area contributed by atoms with E-state index in [4.69, 9.17) is 4.74 Å². The molecule has 15 heavy (non-hydrogen) atoms. The molecule has 3 nitrogen and oxygen atoms in total. The van der Waals surface area contributed by atoms with Crippen LogP contribution in [0.15, 0.2) is 24.3 Å². The SMILES string of the molecule is COc1ccc(N2CC3(CNC3)C2)cc1. The smallest absolute Gasteiger partial charge is 0.119 e. The van der Waals surface area contributed by atoms with E-state index in [0.29, 0.717) is 5.41 Å². The molecule has 2 saturated heterocycles. The van der Waals surface area contributed by atoms with Crippen LogP contribution in [0.4, 0.5) is 5.69 Å². The van der Waals surface area contributed by atoms with Crippen molar-refractivity contribution in [1.29, 1.82) is 0 Å². The van der Waals surface area contributed by atoms with Crippen molar-refractivity contribution in [3.8, 4) is 5.75 Å². The second-order valence-electron chi connectivity index (χ2n) is 4.66. The summed E-state index contributed by atoms with van der Waals surface area (Å²) in [6, 6.07) is 8.33. The Hall–Kier alpha value is -1.22. The fraction of sp³-hybridized carbons (Fsp3) is 0.500. The molecule has 3 heteroatoms. The summed E-state index contributed by atoms with van der Waals surface area (Å²) < 4.78 is 5.15. The standard InChI is InChI=1S/C12H16N2O/c1-15-11-4-2-10(3-5-11)14-8-12(9-14)6-13-7-12/h2-5,13H,6-9H2,1H3. The van der Waals surface area contributed by atoms with Gasteiger partial charge in [-0.3, -0.25) is 0 Å². The van der Waals surface area contributed by atoms with Crippen LogP contribution in [0.2, 0.25) is 0 Å². The van der Waals surface area contributed by atoms with Crippen molar-refractivity contribution >= 4 is 5.69 Å². The molecule has 3 rings (SSSR count). The largest absolute Gasteiger partial charge is 0.497 e. The first-order valence-corrected chi connectivity index (χ1v) is 5.41. The zero-order valence-corrected chi connectivity index (χ0v) is 8.99. The number of rotatable bonds is 2. The van der Waals surface area contributed by atoms with Gasteiger partial charge in [0.15, 0.2) is 0 Å².